The van der Waals surface area contributed by atoms with E-state index < -0.39 is 0 Å². The van der Waals surface area contributed by atoms with Crippen LogP contribution in [0.3, 0.4) is 0 Å². The molecule has 0 aromatic rings. The molecule has 0 spiro atoms. The first-order valence-electron chi connectivity index (χ1n) is 8.60. The van der Waals surface area contributed by atoms with E-state index in [1.54, 1.807) is 11.8 Å². The third kappa shape index (κ3) is 21.9. The van der Waals surface area contributed by atoms with Gasteiger partial charge in [-0.15, -0.1) is 0 Å². The maximum Gasteiger partial charge on any atom is 1.00 e. The molecule has 1 nitrogen and oxygen atoms in total. The zero-order valence-electron chi connectivity index (χ0n) is 15.6. The summed E-state index contributed by atoms with van der Waals surface area (Å²) in [6.45, 7) is 5.33. The van der Waals surface area contributed by atoms with Crippen LogP contribution in [0.15, 0.2) is 0 Å². The average Bonchev–Trinajstić information content (AvgIpc) is 2.45. The molecule has 21 heavy (non-hydrogen) atoms. The van der Waals surface area contributed by atoms with Crippen molar-refractivity contribution in [3.63, 3.8) is 0 Å². The molecular weight excluding hydrogens is 323 g/mol. The topological polar surface area (TPSA) is 9.23 Å². The minimum atomic E-state index is 0. The minimum absolute atomic E-state index is 0. The molecule has 4 heteroatoms. The Bertz CT molecular complexity index is 199. The van der Waals surface area contributed by atoms with Gasteiger partial charge >= 0.3 is 51.4 Å². The molecule has 0 saturated carbocycles. The molecule has 0 aromatic carbocycles. The Morgan fingerprint density at radius 1 is 0.810 bits per heavy atom. The Kier molecular flexibility index (Phi) is 26.2. The minimum Gasteiger partial charge on any atom is -1.00 e. The second-order valence-corrected chi connectivity index (χ2v) is 7.18. The Labute approximate surface area is 187 Å². The summed E-state index contributed by atoms with van der Waals surface area (Å²) in [5.74, 6) is 1.13. The molecule has 0 unspecified atom stereocenters. The summed E-state index contributed by atoms with van der Waals surface area (Å²) in [6, 6.07) is 0. The molecule has 0 fully saturated rings. The maximum absolute atomic E-state index is 5.59. The van der Waals surface area contributed by atoms with Crippen LogP contribution in [0.4, 0.5) is 0 Å². The van der Waals surface area contributed by atoms with E-state index in [1.165, 1.54) is 70.6 Å². The van der Waals surface area contributed by atoms with Crippen LogP contribution in [0.2, 0.25) is 0 Å². The summed E-state index contributed by atoms with van der Waals surface area (Å²) in [5.41, 5.74) is 0. The standard InChI is InChI=1S/C17H34OS2.K.H/c1-3-5-7-9-11-13-15-18-17(19)20-16-14-12-10-8-6-4-2;;/h3-16H2,1-2H3;;/q;+1;-1. The molecule has 122 valence electrons. The Morgan fingerprint density at radius 3 is 1.86 bits per heavy atom. The van der Waals surface area contributed by atoms with Crippen molar-refractivity contribution in [2.45, 2.75) is 90.9 Å². The van der Waals surface area contributed by atoms with Gasteiger partial charge in [0.25, 0.3) is 0 Å². The number of unbranched alkanes of at least 4 members (excludes halogenated alkanes) is 10. The molecule has 0 amide bonds. The average molecular weight is 359 g/mol. The number of ether oxygens (including phenoxy) is 1. The molecule has 0 bridgehead atoms. The number of thiocarbonyl (C=S) groups is 1. The van der Waals surface area contributed by atoms with E-state index in [4.69, 9.17) is 17.0 Å². The van der Waals surface area contributed by atoms with E-state index in [0.717, 1.165) is 23.2 Å². The molecule has 0 aliphatic carbocycles. The van der Waals surface area contributed by atoms with Gasteiger partial charge in [0, 0.05) is 5.75 Å². The van der Waals surface area contributed by atoms with Gasteiger partial charge in [-0.25, -0.2) is 0 Å². The largest absolute Gasteiger partial charge is 1.00 e. The molecule has 0 aliphatic rings. The van der Waals surface area contributed by atoms with Crippen LogP contribution in [0, 0.1) is 0 Å². The van der Waals surface area contributed by atoms with Crippen LogP contribution in [0.25, 0.3) is 0 Å². The fraction of sp³-hybridized carbons (Fsp3) is 0.941. The van der Waals surface area contributed by atoms with Crippen LogP contribution in [-0.4, -0.2) is 16.7 Å². The van der Waals surface area contributed by atoms with Crippen molar-refractivity contribution in [3.8, 4) is 0 Å². The first-order valence-corrected chi connectivity index (χ1v) is 10.00. The molecule has 0 rings (SSSR count). The summed E-state index contributed by atoms with van der Waals surface area (Å²) in [6.07, 6.45) is 15.9. The van der Waals surface area contributed by atoms with Crippen LogP contribution < -0.4 is 51.4 Å². The van der Waals surface area contributed by atoms with Crippen molar-refractivity contribution >= 4 is 28.4 Å². The third-order valence-electron chi connectivity index (χ3n) is 3.44. The molecule has 0 radical (unpaired) electrons. The van der Waals surface area contributed by atoms with Crippen molar-refractivity contribution in [3.05, 3.63) is 0 Å². The van der Waals surface area contributed by atoms with Gasteiger partial charge in [-0.1, -0.05) is 89.8 Å². The van der Waals surface area contributed by atoms with E-state index in [2.05, 4.69) is 13.8 Å². The van der Waals surface area contributed by atoms with Crippen molar-refractivity contribution in [2.75, 3.05) is 12.4 Å². The van der Waals surface area contributed by atoms with Crippen LogP contribution in [-0.2, 0) is 4.74 Å². The van der Waals surface area contributed by atoms with Gasteiger partial charge in [-0.3, -0.25) is 0 Å². The van der Waals surface area contributed by atoms with Gasteiger partial charge < -0.3 is 6.16 Å². The van der Waals surface area contributed by atoms with Crippen molar-refractivity contribution in [1.29, 1.82) is 0 Å². The normalized spacial score (nSPS) is 10.2. The third-order valence-corrected chi connectivity index (χ3v) is 4.75. The molecule has 0 atom stereocenters. The van der Waals surface area contributed by atoms with Crippen molar-refractivity contribution in [2.24, 2.45) is 0 Å². The fourth-order valence-corrected chi connectivity index (χ4v) is 3.13. The predicted molar refractivity (Wildman–Crippen MR) is 98.9 cm³/mol. The van der Waals surface area contributed by atoms with Gasteiger partial charge in [-0.05, 0) is 25.1 Å². The van der Waals surface area contributed by atoms with Crippen LogP contribution >= 0.6 is 24.0 Å². The zero-order chi connectivity index (χ0) is 14.9. The summed E-state index contributed by atoms with van der Waals surface area (Å²) >= 11 is 6.96. The molecule has 0 heterocycles. The number of thioether (sulfide) groups is 1. The van der Waals surface area contributed by atoms with E-state index in [1.807, 2.05) is 0 Å². The second-order valence-electron chi connectivity index (χ2n) is 5.48. The first kappa shape index (κ1) is 25.1. The monoisotopic (exact) mass is 358 g/mol. The second kappa shape index (κ2) is 21.9. The molecule has 0 aliphatic heterocycles. The van der Waals surface area contributed by atoms with Crippen molar-refractivity contribution < 1.29 is 57.5 Å². The van der Waals surface area contributed by atoms with Gasteiger partial charge in [0.2, 0.25) is 4.38 Å². The number of hydrogen-bond acceptors (Lipinski definition) is 3. The molecular formula is C17H35KOS2. The molecule has 0 saturated heterocycles. The molecule has 0 N–H and O–H groups in total. The van der Waals surface area contributed by atoms with Crippen LogP contribution in [0.5, 0.6) is 0 Å². The van der Waals surface area contributed by atoms with Gasteiger partial charge in [0.15, 0.2) is 0 Å². The van der Waals surface area contributed by atoms with Gasteiger partial charge in [0.1, 0.15) is 0 Å². The van der Waals surface area contributed by atoms with E-state index in [9.17, 15) is 0 Å². The Hall–Kier alpha value is 1.88. The smallest absolute Gasteiger partial charge is 1.00 e. The fourth-order valence-electron chi connectivity index (χ4n) is 2.12. The SMILES string of the molecule is CCCCCCCCOC(=S)SCCCCCCCC.[H-].[K+]. The van der Waals surface area contributed by atoms with Gasteiger partial charge in [-0.2, -0.15) is 0 Å². The van der Waals surface area contributed by atoms with Gasteiger partial charge in [0.05, 0.1) is 6.61 Å². The Morgan fingerprint density at radius 2 is 1.29 bits per heavy atom. The number of rotatable bonds is 14. The number of hydrogen-bond donors (Lipinski definition) is 0. The summed E-state index contributed by atoms with van der Waals surface area (Å²) in [5, 5.41) is 0. The predicted octanol–water partition coefficient (Wildman–Crippen LogP) is 3.86. The summed E-state index contributed by atoms with van der Waals surface area (Å²) in [4.78, 5) is 0. The van der Waals surface area contributed by atoms with E-state index in [0.29, 0.717) is 0 Å². The van der Waals surface area contributed by atoms with Crippen molar-refractivity contribution in [1.82, 2.24) is 0 Å². The van der Waals surface area contributed by atoms with E-state index in [-0.39, 0.29) is 52.8 Å². The first-order chi connectivity index (χ1) is 9.81. The quantitative estimate of drug-likeness (QED) is 0.265. The summed E-state index contributed by atoms with van der Waals surface area (Å²) < 4.78 is 6.34. The maximum atomic E-state index is 5.59. The Balaban J connectivity index is -0.00000180. The molecule has 0 aromatic heterocycles. The van der Waals surface area contributed by atoms with Crippen LogP contribution in [0.1, 0.15) is 92.3 Å². The van der Waals surface area contributed by atoms with E-state index >= 15 is 0 Å². The summed E-state index contributed by atoms with van der Waals surface area (Å²) in [7, 11) is 0. The zero-order valence-corrected chi connectivity index (χ0v) is 19.4.